The van der Waals surface area contributed by atoms with Crippen LogP contribution in [0.15, 0.2) is 18.2 Å². The Morgan fingerprint density at radius 2 is 1.82 bits per heavy atom. The van der Waals surface area contributed by atoms with Gasteiger partial charge in [-0.15, -0.1) is 0 Å². The second kappa shape index (κ2) is 10.8. The number of rotatable bonds is 10. The van der Waals surface area contributed by atoms with Gasteiger partial charge in [0, 0.05) is 64.2 Å². The second-order valence-electron chi connectivity index (χ2n) is 9.67. The molecule has 180 valence electrons. The third kappa shape index (κ3) is 5.48. The van der Waals surface area contributed by atoms with E-state index in [4.69, 9.17) is 9.97 Å². The fourth-order valence-corrected chi connectivity index (χ4v) is 4.77. The first-order valence-electron chi connectivity index (χ1n) is 12.6. The fraction of sp³-hybridized carbons (Fsp3) is 0.615. The maximum absolute atomic E-state index is 5.11. The van der Waals surface area contributed by atoms with Crippen LogP contribution in [0.25, 0.3) is 21.9 Å². The average molecular weight is 452 g/mol. The molecule has 0 spiro atoms. The lowest BCUT2D eigenvalue weighted by Crippen LogP contribution is -2.45. The Labute approximate surface area is 198 Å². The number of pyridine rings is 1. The minimum absolute atomic E-state index is 0.852. The molecule has 0 saturated carbocycles. The van der Waals surface area contributed by atoms with E-state index < -0.39 is 0 Å². The van der Waals surface area contributed by atoms with Crippen molar-refractivity contribution in [2.24, 2.45) is 0 Å². The average Bonchev–Trinajstić information content (AvgIpc) is 3.17. The van der Waals surface area contributed by atoms with Crippen LogP contribution in [0.3, 0.4) is 0 Å². The van der Waals surface area contributed by atoms with Crippen LogP contribution in [0.1, 0.15) is 31.7 Å². The number of aryl methyl sites for hydroxylation is 2. The topological polar surface area (TPSA) is 52.5 Å². The van der Waals surface area contributed by atoms with Crippen molar-refractivity contribution in [2.45, 2.75) is 39.7 Å². The van der Waals surface area contributed by atoms with Crippen molar-refractivity contribution in [1.29, 1.82) is 0 Å². The highest BCUT2D eigenvalue weighted by atomic mass is 15.3. The van der Waals surface area contributed by atoms with Gasteiger partial charge in [-0.25, -0.2) is 9.97 Å². The van der Waals surface area contributed by atoms with Gasteiger partial charge in [0.15, 0.2) is 5.82 Å². The molecule has 1 N–H and O–H groups in total. The van der Waals surface area contributed by atoms with Crippen LogP contribution >= 0.6 is 0 Å². The van der Waals surface area contributed by atoms with Crippen molar-refractivity contribution >= 4 is 27.8 Å². The molecule has 1 aliphatic heterocycles. The second-order valence-corrected chi connectivity index (χ2v) is 9.67. The molecule has 0 amide bonds. The van der Waals surface area contributed by atoms with Crippen LogP contribution in [0.2, 0.25) is 0 Å². The van der Waals surface area contributed by atoms with Crippen molar-refractivity contribution in [3.8, 4) is 0 Å². The summed E-state index contributed by atoms with van der Waals surface area (Å²) >= 11 is 0. The largest absolute Gasteiger partial charge is 0.367 e. The molecule has 0 unspecified atom stereocenters. The number of hydrogen-bond acceptors (Lipinski definition) is 6. The summed E-state index contributed by atoms with van der Waals surface area (Å²) in [6.45, 7) is 12.9. The highest BCUT2D eigenvalue weighted by Gasteiger charge is 2.20. The van der Waals surface area contributed by atoms with E-state index in [0.717, 1.165) is 94.3 Å². The summed E-state index contributed by atoms with van der Waals surface area (Å²) in [4.78, 5) is 17.4. The molecule has 1 saturated heterocycles. The number of benzene rings is 1. The van der Waals surface area contributed by atoms with Crippen LogP contribution in [-0.4, -0.2) is 96.2 Å². The van der Waals surface area contributed by atoms with E-state index in [1.54, 1.807) is 0 Å². The molecular formula is C26H41N7. The van der Waals surface area contributed by atoms with Gasteiger partial charge in [0.25, 0.3) is 0 Å². The number of likely N-dealkylation sites (N-methyl/N-ethyl adjacent to an activating group) is 2. The molecule has 2 aromatic heterocycles. The third-order valence-corrected chi connectivity index (χ3v) is 6.76. The van der Waals surface area contributed by atoms with Crippen LogP contribution in [-0.2, 0) is 19.4 Å². The molecule has 0 radical (unpaired) electrons. The van der Waals surface area contributed by atoms with Crippen molar-refractivity contribution in [3.63, 3.8) is 0 Å². The molecule has 1 aliphatic rings. The molecule has 0 bridgehead atoms. The predicted octanol–water partition coefficient (Wildman–Crippen LogP) is 3.32. The van der Waals surface area contributed by atoms with Crippen LogP contribution in [0, 0.1) is 0 Å². The lowest BCUT2D eigenvalue weighted by Gasteiger charge is -2.32. The van der Waals surface area contributed by atoms with E-state index in [2.05, 4.69) is 77.8 Å². The van der Waals surface area contributed by atoms with E-state index in [0.29, 0.717) is 0 Å². The zero-order valence-corrected chi connectivity index (χ0v) is 21.2. The Morgan fingerprint density at radius 3 is 2.52 bits per heavy atom. The number of piperazine rings is 1. The number of hydrogen-bond donors (Lipinski definition) is 1. The molecule has 3 aromatic rings. The van der Waals surface area contributed by atoms with Crippen molar-refractivity contribution in [1.82, 2.24) is 29.2 Å². The monoisotopic (exact) mass is 451 g/mol. The van der Waals surface area contributed by atoms with Gasteiger partial charge in [-0.05, 0) is 39.2 Å². The zero-order valence-electron chi connectivity index (χ0n) is 21.2. The normalized spacial score (nSPS) is 15.8. The summed E-state index contributed by atoms with van der Waals surface area (Å²) < 4.78 is 2.47. The Hall–Kier alpha value is -2.22. The summed E-state index contributed by atoms with van der Waals surface area (Å²) in [6.07, 6.45) is 3.15. The van der Waals surface area contributed by atoms with Gasteiger partial charge in [0.05, 0.1) is 11.0 Å². The molecule has 1 fully saturated rings. The molecule has 1 aromatic carbocycles. The number of nitrogens with zero attached hydrogens (tertiary/aromatic N) is 6. The summed E-state index contributed by atoms with van der Waals surface area (Å²) in [5.74, 6) is 2.07. The van der Waals surface area contributed by atoms with E-state index in [9.17, 15) is 0 Å². The van der Waals surface area contributed by atoms with Crippen LogP contribution in [0.4, 0.5) is 5.82 Å². The van der Waals surface area contributed by atoms with E-state index >= 15 is 0 Å². The number of nitrogens with one attached hydrogen (secondary N) is 1. The number of imidazole rings is 1. The first-order valence-corrected chi connectivity index (χ1v) is 12.6. The van der Waals surface area contributed by atoms with Crippen molar-refractivity contribution in [3.05, 3.63) is 29.6 Å². The SMILES string of the molecule is CCCc1ccc2c(c1)nc(NCCN(C)C)c1nc(CC)n(CCN3CCN(C)CC3)c12. The van der Waals surface area contributed by atoms with E-state index in [1.165, 1.54) is 16.5 Å². The van der Waals surface area contributed by atoms with Gasteiger partial charge in [0.2, 0.25) is 0 Å². The molecule has 0 aliphatic carbocycles. The standard InChI is InChI=1S/C26H41N7/c1-6-8-20-9-10-21-22(19-20)28-26(27-11-12-30(3)4)24-25(21)33(23(7-2)29-24)18-17-32-15-13-31(5)14-16-32/h9-10,19H,6-8,11-18H2,1-5H3,(H,27,28). The minimum Gasteiger partial charge on any atom is -0.367 e. The van der Waals surface area contributed by atoms with Gasteiger partial charge < -0.3 is 19.7 Å². The van der Waals surface area contributed by atoms with Gasteiger partial charge in [0.1, 0.15) is 11.3 Å². The van der Waals surface area contributed by atoms with Crippen molar-refractivity contribution in [2.75, 3.05) is 72.3 Å². The first kappa shape index (κ1) is 23.9. The Balaban J connectivity index is 1.75. The molecular weight excluding hydrogens is 410 g/mol. The highest BCUT2D eigenvalue weighted by molar-refractivity contribution is 6.07. The lowest BCUT2D eigenvalue weighted by molar-refractivity contribution is 0.150. The van der Waals surface area contributed by atoms with Gasteiger partial charge >= 0.3 is 0 Å². The number of fused-ring (bicyclic) bond motifs is 3. The highest BCUT2D eigenvalue weighted by Crippen LogP contribution is 2.31. The van der Waals surface area contributed by atoms with Crippen molar-refractivity contribution < 1.29 is 0 Å². The Kier molecular flexibility index (Phi) is 7.83. The molecule has 0 atom stereocenters. The maximum atomic E-state index is 5.11. The summed E-state index contributed by atoms with van der Waals surface area (Å²) in [7, 11) is 6.42. The molecule has 7 heteroatoms. The Morgan fingerprint density at radius 1 is 1.03 bits per heavy atom. The smallest absolute Gasteiger partial charge is 0.154 e. The number of aromatic nitrogens is 3. The maximum Gasteiger partial charge on any atom is 0.154 e. The van der Waals surface area contributed by atoms with Crippen LogP contribution < -0.4 is 5.32 Å². The summed E-state index contributed by atoms with van der Waals surface area (Å²) in [5, 5.41) is 4.81. The molecule has 33 heavy (non-hydrogen) atoms. The first-order chi connectivity index (χ1) is 16.0. The summed E-state index contributed by atoms with van der Waals surface area (Å²) in [5.41, 5.74) is 4.68. The third-order valence-electron chi connectivity index (χ3n) is 6.76. The quantitative estimate of drug-likeness (QED) is 0.510. The van der Waals surface area contributed by atoms with Crippen LogP contribution in [0.5, 0.6) is 0 Å². The Bertz CT molecular complexity index is 1060. The zero-order chi connectivity index (χ0) is 23.4. The van der Waals surface area contributed by atoms with Gasteiger partial charge in [-0.2, -0.15) is 0 Å². The molecule has 4 rings (SSSR count). The lowest BCUT2D eigenvalue weighted by atomic mass is 10.1. The number of anilines is 1. The van der Waals surface area contributed by atoms with E-state index in [-0.39, 0.29) is 0 Å². The minimum atomic E-state index is 0.852. The predicted molar refractivity (Wildman–Crippen MR) is 139 cm³/mol. The van der Waals surface area contributed by atoms with E-state index in [1.807, 2.05) is 0 Å². The van der Waals surface area contributed by atoms with Gasteiger partial charge in [-0.3, -0.25) is 4.90 Å². The van der Waals surface area contributed by atoms with Gasteiger partial charge in [-0.1, -0.05) is 32.4 Å². The molecule has 3 heterocycles. The summed E-state index contributed by atoms with van der Waals surface area (Å²) in [6, 6.07) is 6.82. The molecule has 7 nitrogen and oxygen atoms in total. The fourth-order valence-electron chi connectivity index (χ4n) is 4.77.